The molecule has 0 radical (unpaired) electrons. The highest BCUT2D eigenvalue weighted by Crippen LogP contribution is 2.40. The molecule has 33 heavy (non-hydrogen) atoms. The molecule has 1 aromatic heterocycles. The second-order valence-corrected chi connectivity index (χ2v) is 8.32. The molecule has 6 heteroatoms. The summed E-state index contributed by atoms with van der Waals surface area (Å²) in [7, 11) is 0. The monoisotopic (exact) mass is 438 g/mol. The molecule has 6 nitrogen and oxygen atoms in total. The van der Waals surface area contributed by atoms with Crippen molar-refractivity contribution in [1.82, 2.24) is 9.97 Å². The number of aromatic nitrogens is 2. The van der Waals surface area contributed by atoms with Crippen LogP contribution >= 0.6 is 0 Å². The molecule has 3 aromatic carbocycles. The van der Waals surface area contributed by atoms with Crippen LogP contribution in [0.15, 0.2) is 85.1 Å². The van der Waals surface area contributed by atoms with Gasteiger partial charge in [-0.15, -0.1) is 0 Å². The van der Waals surface area contributed by atoms with Gasteiger partial charge in [0.1, 0.15) is 5.82 Å². The standard InChI is InChI=1S/C27H26N4O2/c28-22-8-4-5-9-23(22)30-25(32)20-10-12-21(13-11-20)27(14-16-33-17-15-27)26-29-18-24(31-26)19-6-2-1-3-7-19/h1-13,18H,14-17,28H2,(H,29,31)(H,30,32). The number of carbonyl (C=O) groups excluding carboxylic acids is 1. The van der Waals surface area contributed by atoms with Crippen molar-refractivity contribution in [2.24, 2.45) is 0 Å². The molecule has 1 aliphatic heterocycles. The number of nitrogens with two attached hydrogens (primary N) is 1. The summed E-state index contributed by atoms with van der Waals surface area (Å²) in [5.41, 5.74) is 10.6. The van der Waals surface area contributed by atoms with Crippen molar-refractivity contribution in [3.63, 3.8) is 0 Å². The molecule has 1 fully saturated rings. The van der Waals surface area contributed by atoms with Gasteiger partial charge in [0.2, 0.25) is 0 Å². The van der Waals surface area contributed by atoms with E-state index in [1.165, 1.54) is 0 Å². The molecule has 1 aliphatic rings. The quantitative estimate of drug-likeness (QED) is 0.382. The van der Waals surface area contributed by atoms with Gasteiger partial charge >= 0.3 is 0 Å². The van der Waals surface area contributed by atoms with Crippen LogP contribution in [-0.4, -0.2) is 29.1 Å². The predicted molar refractivity (Wildman–Crippen MR) is 130 cm³/mol. The molecule has 1 saturated heterocycles. The van der Waals surface area contributed by atoms with Crippen molar-refractivity contribution in [3.05, 3.63) is 102 Å². The van der Waals surface area contributed by atoms with E-state index in [2.05, 4.69) is 22.4 Å². The van der Waals surface area contributed by atoms with E-state index in [9.17, 15) is 4.79 Å². The zero-order chi connectivity index (χ0) is 22.7. The lowest BCUT2D eigenvalue weighted by Gasteiger charge is -2.36. The Kier molecular flexibility index (Phi) is 5.67. The van der Waals surface area contributed by atoms with Crippen LogP contribution in [0.3, 0.4) is 0 Å². The highest BCUT2D eigenvalue weighted by Gasteiger charge is 2.39. The number of rotatable bonds is 5. The molecule has 0 bridgehead atoms. The molecule has 4 N–H and O–H groups in total. The van der Waals surface area contributed by atoms with E-state index in [0.717, 1.165) is 35.5 Å². The second kappa shape index (κ2) is 8.92. The Bertz CT molecular complexity index is 1240. The first-order valence-corrected chi connectivity index (χ1v) is 11.1. The Morgan fingerprint density at radius 1 is 0.939 bits per heavy atom. The Hall–Kier alpha value is -3.90. The average Bonchev–Trinajstić information content (AvgIpc) is 3.38. The Morgan fingerprint density at radius 3 is 2.36 bits per heavy atom. The van der Waals surface area contributed by atoms with Crippen LogP contribution in [0.4, 0.5) is 11.4 Å². The van der Waals surface area contributed by atoms with Crippen LogP contribution in [0.5, 0.6) is 0 Å². The van der Waals surface area contributed by atoms with Crippen molar-refractivity contribution in [3.8, 4) is 11.3 Å². The number of ether oxygens (including phenoxy) is 1. The molecule has 5 rings (SSSR count). The summed E-state index contributed by atoms with van der Waals surface area (Å²) < 4.78 is 5.68. The molecule has 0 spiro atoms. The average molecular weight is 439 g/mol. The number of aromatic amines is 1. The maximum absolute atomic E-state index is 12.8. The molecule has 2 heterocycles. The highest BCUT2D eigenvalue weighted by atomic mass is 16.5. The molecule has 0 saturated carbocycles. The molecule has 0 atom stereocenters. The van der Waals surface area contributed by atoms with Crippen LogP contribution in [0, 0.1) is 0 Å². The lowest BCUT2D eigenvalue weighted by molar-refractivity contribution is 0.0607. The molecular weight excluding hydrogens is 412 g/mol. The van der Waals surface area contributed by atoms with E-state index < -0.39 is 0 Å². The number of benzene rings is 3. The van der Waals surface area contributed by atoms with Crippen LogP contribution in [-0.2, 0) is 10.2 Å². The Balaban J connectivity index is 1.43. The van der Waals surface area contributed by atoms with Crippen LogP contribution < -0.4 is 11.1 Å². The number of hydrogen-bond acceptors (Lipinski definition) is 4. The normalized spacial score (nSPS) is 15.2. The first-order chi connectivity index (χ1) is 16.2. The topological polar surface area (TPSA) is 93.0 Å². The fourth-order valence-electron chi connectivity index (χ4n) is 4.46. The summed E-state index contributed by atoms with van der Waals surface area (Å²) in [5.74, 6) is 0.740. The minimum Gasteiger partial charge on any atom is -0.397 e. The number of anilines is 2. The zero-order valence-electron chi connectivity index (χ0n) is 18.3. The number of nitrogens with one attached hydrogen (secondary N) is 2. The van der Waals surface area contributed by atoms with Crippen molar-refractivity contribution >= 4 is 17.3 Å². The third kappa shape index (κ3) is 4.13. The fourth-order valence-corrected chi connectivity index (χ4v) is 4.46. The van der Waals surface area contributed by atoms with Gasteiger partial charge < -0.3 is 20.8 Å². The van der Waals surface area contributed by atoms with E-state index in [1.54, 1.807) is 12.1 Å². The third-order valence-electron chi connectivity index (χ3n) is 6.37. The van der Waals surface area contributed by atoms with E-state index in [1.807, 2.05) is 60.8 Å². The van der Waals surface area contributed by atoms with Crippen LogP contribution in [0.25, 0.3) is 11.3 Å². The van der Waals surface area contributed by atoms with Crippen LogP contribution in [0.1, 0.15) is 34.6 Å². The molecule has 166 valence electrons. The summed E-state index contributed by atoms with van der Waals surface area (Å²) >= 11 is 0. The van der Waals surface area contributed by atoms with Gasteiger partial charge in [-0.05, 0) is 48.2 Å². The first-order valence-electron chi connectivity index (χ1n) is 11.1. The van der Waals surface area contributed by atoms with Gasteiger partial charge in [0, 0.05) is 18.8 Å². The number of nitrogen functional groups attached to an aromatic ring is 1. The number of H-pyrrole nitrogens is 1. The lowest BCUT2D eigenvalue weighted by atomic mass is 9.73. The summed E-state index contributed by atoms with van der Waals surface area (Å²) in [6.45, 7) is 1.33. The first kappa shape index (κ1) is 21.0. The minimum absolute atomic E-state index is 0.190. The van der Waals surface area contributed by atoms with E-state index in [0.29, 0.717) is 30.2 Å². The van der Waals surface area contributed by atoms with Crippen molar-refractivity contribution < 1.29 is 9.53 Å². The Morgan fingerprint density at radius 2 is 1.64 bits per heavy atom. The molecule has 1 amide bonds. The summed E-state index contributed by atoms with van der Waals surface area (Å²) in [6.07, 6.45) is 3.54. The van der Waals surface area contributed by atoms with Crippen molar-refractivity contribution in [2.45, 2.75) is 18.3 Å². The van der Waals surface area contributed by atoms with Gasteiger partial charge in [0.15, 0.2) is 0 Å². The largest absolute Gasteiger partial charge is 0.397 e. The van der Waals surface area contributed by atoms with E-state index >= 15 is 0 Å². The smallest absolute Gasteiger partial charge is 0.255 e. The van der Waals surface area contributed by atoms with Gasteiger partial charge in [0.25, 0.3) is 5.91 Å². The van der Waals surface area contributed by atoms with Crippen molar-refractivity contribution in [1.29, 1.82) is 0 Å². The second-order valence-electron chi connectivity index (χ2n) is 8.32. The van der Waals surface area contributed by atoms with Gasteiger partial charge in [-0.2, -0.15) is 0 Å². The Labute approximate surface area is 192 Å². The van der Waals surface area contributed by atoms with E-state index in [-0.39, 0.29) is 11.3 Å². The number of amides is 1. The van der Waals surface area contributed by atoms with Gasteiger partial charge in [-0.3, -0.25) is 4.79 Å². The van der Waals surface area contributed by atoms with Gasteiger partial charge in [-0.25, -0.2) is 4.98 Å². The van der Waals surface area contributed by atoms with Crippen molar-refractivity contribution in [2.75, 3.05) is 24.3 Å². The fraction of sp³-hybridized carbons (Fsp3) is 0.185. The number of hydrogen-bond donors (Lipinski definition) is 3. The molecule has 0 unspecified atom stereocenters. The summed E-state index contributed by atoms with van der Waals surface area (Å²) in [5, 5.41) is 2.89. The van der Waals surface area contributed by atoms with E-state index in [4.69, 9.17) is 15.5 Å². The zero-order valence-corrected chi connectivity index (χ0v) is 18.3. The maximum atomic E-state index is 12.8. The maximum Gasteiger partial charge on any atom is 0.255 e. The minimum atomic E-state index is -0.288. The number of para-hydroxylation sites is 2. The number of carbonyl (C=O) groups is 1. The summed E-state index contributed by atoms with van der Waals surface area (Å²) in [6, 6.07) is 25.2. The summed E-state index contributed by atoms with van der Waals surface area (Å²) in [4.78, 5) is 21.1. The molecule has 0 aliphatic carbocycles. The van der Waals surface area contributed by atoms with Gasteiger partial charge in [0.05, 0.1) is 28.7 Å². The SMILES string of the molecule is Nc1ccccc1NC(=O)c1ccc(C2(c3ncc(-c4ccccc4)[nH]3)CCOCC2)cc1. The molecular formula is C27H26N4O2. The predicted octanol–water partition coefficient (Wildman–Crippen LogP) is 5.01. The lowest BCUT2D eigenvalue weighted by Crippen LogP contribution is -2.36. The van der Waals surface area contributed by atoms with Crippen LogP contribution in [0.2, 0.25) is 0 Å². The highest BCUT2D eigenvalue weighted by molar-refractivity contribution is 6.05. The number of nitrogens with zero attached hydrogens (tertiary/aromatic N) is 1. The number of imidazole rings is 1. The molecule has 4 aromatic rings. The third-order valence-corrected chi connectivity index (χ3v) is 6.37. The van der Waals surface area contributed by atoms with Gasteiger partial charge in [-0.1, -0.05) is 54.6 Å².